The topological polar surface area (TPSA) is 90.3 Å². The minimum atomic E-state index is -0.898. The Balaban J connectivity index is 1.85. The molecule has 2 unspecified atom stereocenters. The highest BCUT2D eigenvalue weighted by atomic mass is 16.5. The van der Waals surface area contributed by atoms with Gasteiger partial charge >= 0.3 is 0 Å². The van der Waals surface area contributed by atoms with Crippen molar-refractivity contribution in [2.24, 2.45) is 4.99 Å². The molecule has 2 aromatic carbocycles. The number of carbonyl (C=O) groups excluding carboxylic acids is 2. The fraction of sp³-hybridized carbons (Fsp3) is 0.217. The summed E-state index contributed by atoms with van der Waals surface area (Å²) in [6.07, 6.45) is 3.62. The first kappa shape index (κ1) is 20.3. The molecular weight excluding hydrogens is 398 g/mol. The van der Waals surface area contributed by atoms with E-state index in [4.69, 9.17) is 14.2 Å². The van der Waals surface area contributed by atoms with Crippen LogP contribution in [0.15, 0.2) is 53.7 Å². The van der Waals surface area contributed by atoms with Crippen LogP contribution in [-0.2, 0) is 9.59 Å². The molecule has 158 valence electrons. The summed E-state index contributed by atoms with van der Waals surface area (Å²) in [7, 11) is 4.57. The highest BCUT2D eigenvalue weighted by Crippen LogP contribution is 2.43. The van der Waals surface area contributed by atoms with Crippen LogP contribution in [0.5, 0.6) is 17.2 Å². The third kappa shape index (κ3) is 3.56. The van der Waals surface area contributed by atoms with Gasteiger partial charge in [-0.05, 0) is 42.0 Å². The number of carbonyl (C=O) groups is 2. The number of aromatic nitrogens is 1. The van der Waals surface area contributed by atoms with Crippen molar-refractivity contribution >= 4 is 35.0 Å². The van der Waals surface area contributed by atoms with Crippen molar-refractivity contribution in [3.63, 3.8) is 0 Å². The molecule has 2 heterocycles. The predicted molar refractivity (Wildman–Crippen MR) is 116 cm³/mol. The number of fused-ring (bicyclic) bond motifs is 1. The number of ether oxygens (including phenoxy) is 3. The first-order chi connectivity index (χ1) is 15.1. The second kappa shape index (κ2) is 8.43. The lowest BCUT2D eigenvalue weighted by atomic mass is 9.95. The van der Waals surface area contributed by atoms with Crippen LogP contribution in [0, 0.1) is 0 Å². The fourth-order valence-corrected chi connectivity index (χ4v) is 3.81. The number of ketones is 1. The number of benzene rings is 2. The average molecular weight is 419 g/mol. The van der Waals surface area contributed by atoms with Gasteiger partial charge in [-0.15, -0.1) is 0 Å². The van der Waals surface area contributed by atoms with Crippen molar-refractivity contribution in [2.75, 3.05) is 26.2 Å². The molecule has 0 spiro atoms. The zero-order valence-electron chi connectivity index (χ0n) is 17.3. The summed E-state index contributed by atoms with van der Waals surface area (Å²) in [5.41, 5.74) is 2.36. The van der Waals surface area contributed by atoms with Crippen LogP contribution in [0.4, 0.5) is 5.69 Å². The SMILES string of the molecule is COc1cc(C2C(C(=O)C=O)N=CN2c2ccc3ncccc3c2)cc(OC)c1OC. The van der Waals surface area contributed by atoms with Gasteiger partial charge in [-0.25, -0.2) is 0 Å². The van der Waals surface area contributed by atoms with Gasteiger partial charge in [0.25, 0.3) is 0 Å². The summed E-state index contributed by atoms with van der Waals surface area (Å²) in [4.78, 5) is 34.3. The lowest BCUT2D eigenvalue weighted by Gasteiger charge is -2.28. The van der Waals surface area contributed by atoms with E-state index >= 15 is 0 Å². The fourth-order valence-electron chi connectivity index (χ4n) is 3.81. The van der Waals surface area contributed by atoms with E-state index in [-0.39, 0.29) is 0 Å². The van der Waals surface area contributed by atoms with E-state index in [2.05, 4.69) is 9.98 Å². The molecule has 0 radical (unpaired) electrons. The molecular formula is C23H21N3O5. The highest BCUT2D eigenvalue weighted by molar-refractivity contribution is 6.28. The van der Waals surface area contributed by atoms with Gasteiger partial charge in [0, 0.05) is 17.3 Å². The number of aldehydes is 1. The number of pyridine rings is 1. The normalized spacial score (nSPS) is 17.6. The van der Waals surface area contributed by atoms with Gasteiger partial charge in [-0.1, -0.05) is 6.07 Å². The molecule has 1 aliphatic rings. The Morgan fingerprint density at radius 3 is 2.42 bits per heavy atom. The van der Waals surface area contributed by atoms with Gasteiger partial charge in [0.1, 0.15) is 6.04 Å². The Hall–Kier alpha value is -3.94. The van der Waals surface area contributed by atoms with Crippen molar-refractivity contribution in [1.29, 1.82) is 0 Å². The first-order valence-electron chi connectivity index (χ1n) is 9.56. The highest BCUT2D eigenvalue weighted by Gasteiger charge is 2.38. The van der Waals surface area contributed by atoms with Gasteiger partial charge in [0.2, 0.25) is 11.5 Å². The summed E-state index contributed by atoms with van der Waals surface area (Å²) >= 11 is 0. The molecule has 3 aromatic rings. The molecule has 8 nitrogen and oxygen atoms in total. The number of anilines is 1. The smallest absolute Gasteiger partial charge is 0.222 e. The van der Waals surface area contributed by atoms with Crippen LogP contribution in [0.25, 0.3) is 10.9 Å². The van der Waals surface area contributed by atoms with Gasteiger partial charge in [-0.3, -0.25) is 19.6 Å². The molecule has 31 heavy (non-hydrogen) atoms. The van der Waals surface area contributed by atoms with Crippen molar-refractivity contribution in [3.05, 3.63) is 54.2 Å². The number of hydrogen-bond donors (Lipinski definition) is 0. The maximum absolute atomic E-state index is 12.4. The van der Waals surface area contributed by atoms with Gasteiger partial charge in [0.05, 0.1) is 39.2 Å². The zero-order valence-corrected chi connectivity index (χ0v) is 17.3. The number of hydrogen-bond acceptors (Lipinski definition) is 8. The molecule has 0 fully saturated rings. The van der Waals surface area contributed by atoms with Gasteiger partial charge in [-0.2, -0.15) is 0 Å². The maximum atomic E-state index is 12.4. The van der Waals surface area contributed by atoms with Crippen LogP contribution in [0.1, 0.15) is 11.6 Å². The van der Waals surface area contributed by atoms with E-state index in [1.165, 1.54) is 21.3 Å². The quantitative estimate of drug-likeness (QED) is 0.430. The summed E-state index contributed by atoms with van der Waals surface area (Å²) in [6.45, 7) is 0. The molecule has 1 aliphatic heterocycles. The van der Waals surface area contributed by atoms with Gasteiger partial charge in [0.15, 0.2) is 17.8 Å². The summed E-state index contributed by atoms with van der Waals surface area (Å²) in [5, 5.41) is 0.946. The van der Waals surface area contributed by atoms with Crippen molar-refractivity contribution < 1.29 is 23.8 Å². The van der Waals surface area contributed by atoms with Gasteiger partial charge < -0.3 is 19.1 Å². The van der Waals surface area contributed by atoms with Crippen LogP contribution in [-0.4, -0.2) is 50.8 Å². The number of nitrogens with zero attached hydrogens (tertiary/aromatic N) is 3. The van der Waals surface area contributed by atoms with E-state index in [0.29, 0.717) is 29.1 Å². The molecule has 0 N–H and O–H groups in total. The Morgan fingerprint density at radius 2 is 1.77 bits per heavy atom. The van der Waals surface area contributed by atoms with Crippen molar-refractivity contribution in [2.45, 2.75) is 12.1 Å². The second-order valence-corrected chi connectivity index (χ2v) is 6.92. The van der Waals surface area contributed by atoms with E-state index in [1.54, 1.807) is 24.7 Å². The predicted octanol–water partition coefficient (Wildman–Crippen LogP) is 2.99. The molecule has 0 bridgehead atoms. The molecule has 4 rings (SSSR count). The molecule has 0 aliphatic carbocycles. The minimum absolute atomic E-state index is 0.306. The van der Waals surface area contributed by atoms with Crippen LogP contribution >= 0.6 is 0 Å². The molecule has 2 atom stereocenters. The maximum Gasteiger partial charge on any atom is 0.222 e. The van der Waals surface area contributed by atoms with E-state index in [9.17, 15) is 9.59 Å². The largest absolute Gasteiger partial charge is 0.493 e. The summed E-state index contributed by atoms with van der Waals surface area (Å²) < 4.78 is 16.4. The monoisotopic (exact) mass is 419 g/mol. The first-order valence-corrected chi connectivity index (χ1v) is 9.56. The minimum Gasteiger partial charge on any atom is -0.493 e. The number of aliphatic imine (C=N–C) groups is 1. The standard InChI is InChI=1S/C23H21N3O5/c1-29-19-10-15(11-20(30-2)23(19)31-3)22-21(18(28)12-27)25-13-26(22)16-6-7-17-14(9-16)5-4-8-24-17/h4-13,21-22H,1-3H3. The Bertz CT molecular complexity index is 1150. The Labute approximate surface area is 179 Å². The number of Topliss-reactive ketones (excluding diaryl/α,β-unsaturated/α-hetero) is 1. The molecule has 0 saturated carbocycles. The second-order valence-electron chi connectivity index (χ2n) is 6.92. The molecule has 1 aromatic heterocycles. The van der Waals surface area contributed by atoms with E-state index in [0.717, 1.165) is 16.6 Å². The summed E-state index contributed by atoms with van der Waals surface area (Å²) in [5.74, 6) is 0.724. The lowest BCUT2D eigenvalue weighted by Crippen LogP contribution is -2.33. The molecule has 0 amide bonds. The summed E-state index contributed by atoms with van der Waals surface area (Å²) in [6, 6.07) is 11.7. The average Bonchev–Trinajstić information content (AvgIpc) is 3.27. The zero-order chi connectivity index (χ0) is 22.0. The van der Waals surface area contributed by atoms with Crippen molar-refractivity contribution in [3.8, 4) is 17.2 Å². The van der Waals surface area contributed by atoms with Crippen molar-refractivity contribution in [1.82, 2.24) is 4.98 Å². The number of methoxy groups -OCH3 is 3. The van der Waals surface area contributed by atoms with Crippen LogP contribution in [0.2, 0.25) is 0 Å². The Morgan fingerprint density at radius 1 is 1.03 bits per heavy atom. The third-order valence-electron chi connectivity index (χ3n) is 5.27. The Kier molecular flexibility index (Phi) is 5.53. The lowest BCUT2D eigenvalue weighted by molar-refractivity contribution is -0.130. The van der Waals surface area contributed by atoms with E-state index < -0.39 is 17.9 Å². The third-order valence-corrected chi connectivity index (χ3v) is 5.27. The van der Waals surface area contributed by atoms with Crippen LogP contribution < -0.4 is 19.1 Å². The number of rotatable bonds is 7. The van der Waals surface area contributed by atoms with E-state index in [1.807, 2.05) is 35.2 Å². The molecule has 8 heteroatoms. The van der Waals surface area contributed by atoms with Crippen LogP contribution in [0.3, 0.4) is 0 Å². The molecule has 0 saturated heterocycles.